The zero-order valence-corrected chi connectivity index (χ0v) is 16.5. The van der Waals surface area contributed by atoms with Gasteiger partial charge >= 0.3 is 10.7 Å². The Hall–Kier alpha value is -3.45. The summed E-state index contributed by atoms with van der Waals surface area (Å²) in [5.74, 6) is -0.378. The van der Waals surface area contributed by atoms with E-state index in [-0.39, 0.29) is 22.3 Å². The molecule has 2 N–H and O–H groups in total. The third-order valence-corrected chi connectivity index (χ3v) is 4.68. The number of aliphatic hydroxyl groups is 1. The van der Waals surface area contributed by atoms with Crippen LogP contribution in [0.5, 0.6) is 0 Å². The lowest BCUT2D eigenvalue weighted by atomic mass is 10.2. The van der Waals surface area contributed by atoms with E-state index < -0.39 is 26.8 Å². The van der Waals surface area contributed by atoms with E-state index in [1.165, 1.54) is 13.0 Å². The molecule has 0 aliphatic rings. The maximum atomic E-state index is 11.5. The summed E-state index contributed by atoms with van der Waals surface area (Å²) in [7, 11) is 0. The monoisotopic (exact) mass is 422 g/mol. The van der Waals surface area contributed by atoms with E-state index in [1.807, 2.05) is 6.92 Å². The molecule has 1 amide bonds. The number of hydrogen-bond donors (Lipinski definition) is 2. The lowest BCUT2D eigenvalue weighted by Gasteiger charge is -2.26. The lowest BCUT2D eigenvalue weighted by Crippen LogP contribution is -2.32. The van der Waals surface area contributed by atoms with Gasteiger partial charge in [0.15, 0.2) is 0 Å². The Morgan fingerprint density at radius 3 is 2.48 bits per heavy atom. The van der Waals surface area contributed by atoms with Crippen molar-refractivity contribution in [1.82, 2.24) is 0 Å². The Labute approximate surface area is 168 Å². The number of nitro groups is 2. The van der Waals surface area contributed by atoms with Gasteiger partial charge in [0.25, 0.3) is 0 Å². The van der Waals surface area contributed by atoms with Gasteiger partial charge in [-0.15, -0.1) is 10.2 Å². The molecule has 0 bridgehead atoms. The first-order valence-electron chi connectivity index (χ1n) is 8.34. The predicted octanol–water partition coefficient (Wildman–Crippen LogP) is 4.10. The quantitative estimate of drug-likeness (QED) is 0.280. The van der Waals surface area contributed by atoms with Crippen molar-refractivity contribution >= 4 is 50.0 Å². The van der Waals surface area contributed by atoms with E-state index in [1.54, 1.807) is 24.0 Å². The van der Waals surface area contributed by atoms with Crippen molar-refractivity contribution in [3.63, 3.8) is 0 Å². The molecule has 0 aliphatic heterocycles. The van der Waals surface area contributed by atoms with E-state index in [9.17, 15) is 30.1 Å². The number of aliphatic hydroxyl groups excluding tert-OH is 1. The standard InChI is InChI=1S/C16H18N6O6S/c1-4-20(10(3)24)11-5-6-12(13(7-11)17-9(2)23)18-19-16-14(21(25)26)8-15(29-16)22(27)28/h5-8,10,24H,4H2,1-3H3,(H,17,23)/b19-18+. The van der Waals surface area contributed by atoms with E-state index in [2.05, 4.69) is 15.5 Å². The minimum Gasteiger partial charge on any atom is -0.374 e. The number of hydrogen-bond acceptors (Lipinski definition) is 10. The van der Waals surface area contributed by atoms with Crippen molar-refractivity contribution in [3.8, 4) is 0 Å². The molecular weight excluding hydrogens is 404 g/mol. The van der Waals surface area contributed by atoms with Gasteiger partial charge in [-0.05, 0) is 43.4 Å². The van der Waals surface area contributed by atoms with E-state index >= 15 is 0 Å². The van der Waals surface area contributed by atoms with Crippen LogP contribution in [0.4, 0.5) is 32.8 Å². The topological polar surface area (TPSA) is 164 Å². The number of carbonyl (C=O) groups excluding carboxylic acids is 1. The molecule has 13 heteroatoms. The third-order valence-electron chi connectivity index (χ3n) is 3.72. The van der Waals surface area contributed by atoms with Gasteiger partial charge in [0.05, 0.1) is 15.5 Å². The van der Waals surface area contributed by atoms with Crippen molar-refractivity contribution in [2.45, 2.75) is 27.0 Å². The third kappa shape index (κ3) is 5.30. The smallest absolute Gasteiger partial charge is 0.333 e. The molecule has 2 aromatic rings. The number of azo groups is 1. The fourth-order valence-electron chi connectivity index (χ4n) is 2.49. The molecule has 1 aromatic carbocycles. The van der Waals surface area contributed by atoms with Gasteiger partial charge in [0.2, 0.25) is 10.9 Å². The van der Waals surface area contributed by atoms with Crippen LogP contribution in [0.25, 0.3) is 0 Å². The highest BCUT2D eigenvalue weighted by molar-refractivity contribution is 7.19. The van der Waals surface area contributed by atoms with Gasteiger partial charge in [-0.3, -0.25) is 25.0 Å². The summed E-state index contributed by atoms with van der Waals surface area (Å²) in [5.41, 5.74) is 0.542. The van der Waals surface area contributed by atoms with Gasteiger partial charge in [0.1, 0.15) is 18.0 Å². The number of carbonyl (C=O) groups is 1. The number of anilines is 2. The van der Waals surface area contributed by atoms with Crippen LogP contribution in [0.2, 0.25) is 0 Å². The number of rotatable bonds is 8. The maximum absolute atomic E-state index is 11.5. The molecule has 154 valence electrons. The summed E-state index contributed by atoms with van der Waals surface area (Å²) < 4.78 is 0. The van der Waals surface area contributed by atoms with Crippen LogP contribution < -0.4 is 10.2 Å². The Kier molecular flexibility index (Phi) is 6.90. The van der Waals surface area contributed by atoms with Gasteiger partial charge < -0.3 is 15.3 Å². The minimum absolute atomic E-state index is 0.191. The maximum Gasteiger partial charge on any atom is 0.333 e. The van der Waals surface area contributed by atoms with Crippen LogP contribution >= 0.6 is 11.3 Å². The molecule has 0 spiro atoms. The first-order valence-corrected chi connectivity index (χ1v) is 9.16. The van der Waals surface area contributed by atoms with Crippen molar-refractivity contribution in [2.24, 2.45) is 10.2 Å². The molecule has 29 heavy (non-hydrogen) atoms. The molecule has 0 aliphatic carbocycles. The highest BCUT2D eigenvalue weighted by atomic mass is 32.1. The highest BCUT2D eigenvalue weighted by Crippen LogP contribution is 2.42. The van der Waals surface area contributed by atoms with Gasteiger partial charge in [-0.2, -0.15) is 0 Å². The SMILES string of the molecule is CCN(c1ccc(/N=N/c2sc([N+](=O)[O-])cc2[N+](=O)[O-])c(NC(C)=O)c1)C(C)O. The van der Waals surface area contributed by atoms with Crippen molar-refractivity contribution in [1.29, 1.82) is 0 Å². The van der Waals surface area contributed by atoms with E-state index in [0.29, 0.717) is 23.6 Å². The molecule has 0 fully saturated rings. The Balaban J connectivity index is 2.47. The number of amides is 1. The van der Waals surface area contributed by atoms with Gasteiger partial charge in [0, 0.05) is 19.2 Å². The Morgan fingerprint density at radius 1 is 1.28 bits per heavy atom. The van der Waals surface area contributed by atoms with Crippen LogP contribution in [0.3, 0.4) is 0 Å². The molecule has 2 rings (SSSR count). The van der Waals surface area contributed by atoms with Crippen LogP contribution in [0.1, 0.15) is 20.8 Å². The highest BCUT2D eigenvalue weighted by Gasteiger charge is 2.25. The summed E-state index contributed by atoms with van der Waals surface area (Å²) in [4.78, 5) is 33.6. The number of benzene rings is 1. The summed E-state index contributed by atoms with van der Waals surface area (Å²) in [5, 5.41) is 41.5. The largest absolute Gasteiger partial charge is 0.374 e. The lowest BCUT2D eigenvalue weighted by molar-refractivity contribution is -0.389. The number of nitrogens with one attached hydrogen (secondary N) is 1. The molecular formula is C16H18N6O6S. The fraction of sp³-hybridized carbons (Fsp3) is 0.312. The first kappa shape index (κ1) is 21.8. The summed E-state index contributed by atoms with van der Waals surface area (Å²) in [6.07, 6.45) is -0.771. The van der Waals surface area contributed by atoms with Crippen molar-refractivity contribution in [2.75, 3.05) is 16.8 Å². The second-order valence-corrected chi connectivity index (χ2v) is 6.80. The second kappa shape index (κ2) is 9.16. The van der Waals surface area contributed by atoms with Crippen LogP contribution in [-0.4, -0.2) is 33.6 Å². The van der Waals surface area contributed by atoms with Crippen molar-refractivity contribution in [3.05, 3.63) is 44.5 Å². The van der Waals surface area contributed by atoms with E-state index in [0.717, 1.165) is 6.07 Å². The fourth-order valence-corrected chi connectivity index (χ4v) is 3.26. The molecule has 12 nitrogen and oxygen atoms in total. The molecule has 0 saturated heterocycles. The number of thiophene rings is 1. The number of nitrogens with zero attached hydrogens (tertiary/aromatic N) is 5. The minimum atomic E-state index is -0.780. The molecule has 0 radical (unpaired) electrons. The van der Waals surface area contributed by atoms with Crippen LogP contribution in [-0.2, 0) is 4.79 Å². The molecule has 0 saturated carbocycles. The Bertz CT molecular complexity index is 973. The predicted molar refractivity (Wildman–Crippen MR) is 107 cm³/mol. The van der Waals surface area contributed by atoms with Crippen molar-refractivity contribution < 1.29 is 19.7 Å². The average molecular weight is 422 g/mol. The molecule has 1 aromatic heterocycles. The second-order valence-electron chi connectivity index (χ2n) is 5.79. The molecule has 1 unspecified atom stereocenters. The zero-order valence-electron chi connectivity index (χ0n) is 15.7. The molecule has 1 atom stereocenters. The van der Waals surface area contributed by atoms with E-state index in [4.69, 9.17) is 0 Å². The van der Waals surface area contributed by atoms with Gasteiger partial charge in [-0.25, -0.2) is 0 Å². The first-order chi connectivity index (χ1) is 13.6. The summed E-state index contributed by atoms with van der Waals surface area (Å²) >= 11 is 0.521. The Morgan fingerprint density at radius 2 is 1.97 bits per heavy atom. The zero-order chi connectivity index (χ0) is 21.7. The van der Waals surface area contributed by atoms with Gasteiger partial charge in [-0.1, -0.05) is 0 Å². The summed E-state index contributed by atoms with van der Waals surface area (Å²) in [6.45, 7) is 5.25. The normalized spacial score (nSPS) is 12.0. The van der Waals surface area contributed by atoms with Crippen LogP contribution in [0.15, 0.2) is 34.5 Å². The van der Waals surface area contributed by atoms with Crippen LogP contribution in [0, 0.1) is 20.2 Å². The molecule has 1 heterocycles. The summed E-state index contributed by atoms with van der Waals surface area (Å²) in [6, 6.07) is 5.56. The average Bonchev–Trinajstić information content (AvgIpc) is 3.05.